The van der Waals surface area contributed by atoms with Crippen molar-refractivity contribution in [2.45, 2.75) is 13.3 Å². The number of para-hydroxylation sites is 1. The van der Waals surface area contributed by atoms with Crippen LogP contribution in [0, 0.1) is 11.8 Å². The summed E-state index contributed by atoms with van der Waals surface area (Å²) in [5.74, 6) is -0.217. The number of aryl methyl sites for hydroxylation is 1. The van der Waals surface area contributed by atoms with Gasteiger partial charge in [0, 0.05) is 53.5 Å². The van der Waals surface area contributed by atoms with Crippen LogP contribution in [-0.2, 0) is 23.0 Å². The Balaban J connectivity index is 1.85. The summed E-state index contributed by atoms with van der Waals surface area (Å²) in [7, 11) is 2.05. The number of aromatic nitrogens is 2. The van der Waals surface area contributed by atoms with Gasteiger partial charge in [0.05, 0.1) is 24.1 Å². The lowest BCUT2D eigenvalue weighted by molar-refractivity contribution is -0.115. The number of allylic oxidation sites excluding steroid dienone is 1. The van der Waals surface area contributed by atoms with Gasteiger partial charge in [-0.3, -0.25) is 9.78 Å². The number of rotatable bonds is 4. The van der Waals surface area contributed by atoms with E-state index < -0.39 is 0 Å². The van der Waals surface area contributed by atoms with Crippen molar-refractivity contribution in [3.05, 3.63) is 54.1 Å². The Morgan fingerprint density at radius 1 is 1.31 bits per heavy atom. The lowest BCUT2D eigenvalue weighted by Crippen LogP contribution is -2.32. The molecule has 0 bridgehead atoms. The minimum Gasteiger partial charge on any atom is -0.500 e. The third kappa shape index (κ3) is 2.59. The summed E-state index contributed by atoms with van der Waals surface area (Å²) in [5.41, 5.74) is 3.82. The normalized spacial score (nSPS) is 20.2. The van der Waals surface area contributed by atoms with Crippen LogP contribution in [0.25, 0.3) is 21.8 Å². The second kappa shape index (κ2) is 6.57. The van der Waals surface area contributed by atoms with Crippen LogP contribution < -0.4 is 0 Å². The Morgan fingerprint density at radius 3 is 2.88 bits per heavy atom. The number of ether oxygens (including phenoxy) is 1. The van der Waals surface area contributed by atoms with Crippen molar-refractivity contribution in [2.24, 2.45) is 18.9 Å². The maximum atomic E-state index is 12.1. The summed E-state index contributed by atoms with van der Waals surface area (Å²) >= 11 is 0. The molecule has 4 rings (SSSR count). The predicted molar refractivity (Wildman–Crippen MR) is 101 cm³/mol. The highest BCUT2D eigenvalue weighted by Gasteiger charge is 2.32. The van der Waals surface area contributed by atoms with Crippen LogP contribution in [0.4, 0.5) is 0 Å². The maximum absolute atomic E-state index is 12.1. The maximum Gasteiger partial charge on any atom is 0.159 e. The van der Waals surface area contributed by atoms with E-state index >= 15 is 0 Å². The molecule has 2 aromatic heterocycles. The zero-order chi connectivity index (χ0) is 18.3. The van der Waals surface area contributed by atoms with Gasteiger partial charge < -0.3 is 14.4 Å². The van der Waals surface area contributed by atoms with Gasteiger partial charge in [0.1, 0.15) is 0 Å². The van der Waals surface area contributed by atoms with Crippen LogP contribution in [0.1, 0.15) is 12.6 Å². The van der Waals surface area contributed by atoms with Crippen molar-refractivity contribution in [2.75, 3.05) is 13.2 Å². The Labute approximate surface area is 151 Å². The summed E-state index contributed by atoms with van der Waals surface area (Å²) in [6, 6.07) is 10.3. The third-order valence-corrected chi connectivity index (χ3v) is 5.43. The highest BCUT2D eigenvalue weighted by Crippen LogP contribution is 2.34. The van der Waals surface area contributed by atoms with Gasteiger partial charge in [-0.2, -0.15) is 0 Å². The molecule has 1 N–H and O–H groups in total. The highest BCUT2D eigenvalue weighted by molar-refractivity contribution is 6.08. The Bertz CT molecular complexity index is 1020. The average molecular weight is 350 g/mol. The van der Waals surface area contributed by atoms with Crippen molar-refractivity contribution in [1.82, 2.24) is 9.55 Å². The summed E-state index contributed by atoms with van der Waals surface area (Å²) in [5, 5.41) is 12.1. The monoisotopic (exact) mass is 350 g/mol. The van der Waals surface area contributed by atoms with Crippen molar-refractivity contribution in [3.8, 4) is 0 Å². The number of aliphatic hydroxyl groups excluding tert-OH is 1. The zero-order valence-corrected chi connectivity index (χ0v) is 15.0. The first-order chi connectivity index (χ1) is 12.6. The summed E-state index contributed by atoms with van der Waals surface area (Å²) in [6.07, 6.45) is 3.98. The van der Waals surface area contributed by atoms with Crippen LogP contribution in [0.15, 0.2) is 48.4 Å². The fourth-order valence-corrected chi connectivity index (χ4v) is 4.08. The van der Waals surface area contributed by atoms with E-state index in [0.717, 1.165) is 22.1 Å². The Kier molecular flexibility index (Phi) is 4.24. The molecule has 0 saturated heterocycles. The zero-order valence-electron chi connectivity index (χ0n) is 15.0. The second-order valence-corrected chi connectivity index (χ2v) is 6.95. The van der Waals surface area contributed by atoms with E-state index in [1.54, 1.807) is 13.2 Å². The van der Waals surface area contributed by atoms with Crippen molar-refractivity contribution >= 4 is 27.6 Å². The van der Waals surface area contributed by atoms with E-state index in [4.69, 9.17) is 4.74 Å². The van der Waals surface area contributed by atoms with Gasteiger partial charge in [0.15, 0.2) is 5.78 Å². The molecule has 2 atom stereocenters. The summed E-state index contributed by atoms with van der Waals surface area (Å²) < 4.78 is 7.57. The van der Waals surface area contributed by atoms with E-state index in [1.807, 2.05) is 31.4 Å². The number of ketones is 1. The minimum atomic E-state index is -0.106. The first kappa shape index (κ1) is 16.8. The van der Waals surface area contributed by atoms with Gasteiger partial charge in [-0.05, 0) is 25.5 Å². The van der Waals surface area contributed by atoms with Crippen molar-refractivity contribution < 1.29 is 14.6 Å². The van der Waals surface area contributed by atoms with Crippen molar-refractivity contribution in [3.63, 3.8) is 0 Å². The second-order valence-electron chi connectivity index (χ2n) is 6.95. The average Bonchev–Trinajstić information content (AvgIpc) is 2.95. The number of pyridine rings is 1. The molecule has 0 radical (unpaired) electrons. The molecular formula is C21H22N2O3. The molecule has 5 heteroatoms. The molecule has 1 aliphatic rings. The van der Waals surface area contributed by atoms with E-state index in [1.165, 1.54) is 5.39 Å². The Hall–Kier alpha value is -2.66. The van der Waals surface area contributed by atoms with Gasteiger partial charge in [-0.15, -0.1) is 0 Å². The molecule has 0 amide bonds. The quantitative estimate of drug-likeness (QED) is 0.786. The molecule has 0 spiro atoms. The third-order valence-electron chi connectivity index (χ3n) is 5.43. The molecule has 0 saturated carbocycles. The smallest absolute Gasteiger partial charge is 0.159 e. The van der Waals surface area contributed by atoms with Crippen LogP contribution in [0.2, 0.25) is 0 Å². The van der Waals surface area contributed by atoms with Gasteiger partial charge in [0.25, 0.3) is 0 Å². The molecule has 1 aliphatic heterocycles. The van der Waals surface area contributed by atoms with Crippen LogP contribution in [-0.4, -0.2) is 33.7 Å². The number of carbonyl (C=O) groups is 1. The largest absolute Gasteiger partial charge is 0.500 e. The molecule has 0 fully saturated rings. The summed E-state index contributed by atoms with van der Waals surface area (Å²) in [6.45, 7) is 1.95. The lowest BCUT2D eigenvalue weighted by Gasteiger charge is -2.30. The van der Waals surface area contributed by atoms with Gasteiger partial charge >= 0.3 is 0 Å². The first-order valence-corrected chi connectivity index (χ1v) is 8.86. The van der Waals surface area contributed by atoms with Crippen LogP contribution >= 0.6 is 0 Å². The molecule has 3 aromatic rings. The first-order valence-electron chi connectivity index (χ1n) is 8.86. The van der Waals surface area contributed by atoms with Crippen LogP contribution in [0.3, 0.4) is 0 Å². The fraction of sp³-hybridized carbons (Fsp3) is 0.333. The minimum absolute atomic E-state index is 0.0135. The number of hydrogen-bond donors (Lipinski definition) is 1. The summed E-state index contributed by atoms with van der Waals surface area (Å²) in [4.78, 5) is 16.7. The molecule has 0 aliphatic carbocycles. The molecule has 0 unspecified atom stereocenters. The van der Waals surface area contributed by atoms with E-state index in [2.05, 4.69) is 21.7 Å². The molecular weight excluding hydrogens is 328 g/mol. The number of fused-ring (bicyclic) bond motifs is 3. The van der Waals surface area contributed by atoms with Crippen LogP contribution in [0.5, 0.6) is 0 Å². The number of aliphatic hydroxyl groups is 1. The van der Waals surface area contributed by atoms with E-state index in [0.29, 0.717) is 18.6 Å². The van der Waals surface area contributed by atoms with Gasteiger partial charge in [0.2, 0.25) is 0 Å². The van der Waals surface area contributed by atoms with E-state index in [-0.39, 0.29) is 24.2 Å². The predicted octanol–water partition coefficient (Wildman–Crippen LogP) is 3.00. The number of carbonyl (C=O) groups excluding carboxylic acids is 1. The molecule has 5 nitrogen and oxygen atoms in total. The standard InChI is InChI=1S/C21H22N2O3/c1-13(25)18-12-26-11-14(10-24)17(18)9-19-21-16(7-8-22-19)15-5-3-4-6-20(15)23(21)2/h3-8,12,14,17,24H,9-11H2,1-2H3/t14-,17-/m0/s1. The SMILES string of the molecule is CC(=O)C1=COC[C@H](CO)[C@@H]1Cc1nccc2c3ccccc3n(C)c12. The topological polar surface area (TPSA) is 64.3 Å². The van der Waals surface area contributed by atoms with Gasteiger partial charge in [-0.25, -0.2) is 0 Å². The highest BCUT2D eigenvalue weighted by atomic mass is 16.5. The number of nitrogens with zero attached hydrogens (tertiary/aromatic N) is 2. The number of benzene rings is 1. The lowest BCUT2D eigenvalue weighted by atomic mass is 9.80. The molecule has 134 valence electrons. The fourth-order valence-electron chi connectivity index (χ4n) is 4.08. The molecule has 3 heterocycles. The number of Topliss-reactive ketones (excluding diaryl/α,β-unsaturated/α-hetero) is 1. The number of hydrogen-bond acceptors (Lipinski definition) is 4. The van der Waals surface area contributed by atoms with Crippen molar-refractivity contribution in [1.29, 1.82) is 0 Å². The van der Waals surface area contributed by atoms with Gasteiger partial charge in [-0.1, -0.05) is 18.2 Å². The van der Waals surface area contributed by atoms with E-state index in [9.17, 15) is 9.90 Å². The molecule has 1 aromatic carbocycles. The Morgan fingerprint density at radius 2 is 2.12 bits per heavy atom. The molecule has 26 heavy (non-hydrogen) atoms.